The van der Waals surface area contributed by atoms with Gasteiger partial charge in [0, 0.05) is 12.6 Å². The fourth-order valence-electron chi connectivity index (χ4n) is 2.41. The van der Waals surface area contributed by atoms with Crippen LogP contribution in [0.25, 0.3) is 0 Å². The van der Waals surface area contributed by atoms with Crippen molar-refractivity contribution < 1.29 is 0 Å². The van der Waals surface area contributed by atoms with Crippen LogP contribution >= 0.6 is 0 Å². The number of rotatable bonds is 2. The number of hydrogen-bond donors (Lipinski definition) is 1. The van der Waals surface area contributed by atoms with E-state index in [1.54, 1.807) is 0 Å². The molecule has 2 heteroatoms. The van der Waals surface area contributed by atoms with Gasteiger partial charge in [0.2, 0.25) is 0 Å². The van der Waals surface area contributed by atoms with Crippen LogP contribution in [0.2, 0.25) is 0 Å². The molecule has 0 spiro atoms. The molecule has 0 saturated carbocycles. The Balaban J connectivity index is 1.93. The largest absolute Gasteiger partial charge is 0.328 e. The van der Waals surface area contributed by atoms with Gasteiger partial charge in [-0.3, -0.25) is 4.90 Å². The van der Waals surface area contributed by atoms with Gasteiger partial charge in [-0.1, -0.05) is 29.8 Å². The van der Waals surface area contributed by atoms with Crippen molar-refractivity contribution in [3.05, 3.63) is 35.4 Å². The molecule has 1 atom stereocenters. The van der Waals surface area contributed by atoms with Crippen molar-refractivity contribution in [2.24, 2.45) is 5.73 Å². The smallest absolute Gasteiger partial charge is 0.0233 e. The second kappa shape index (κ2) is 5.46. The molecule has 1 aliphatic rings. The lowest BCUT2D eigenvalue weighted by molar-refractivity contribution is 0.275. The minimum atomic E-state index is 0.419. The maximum atomic E-state index is 5.99. The summed E-state index contributed by atoms with van der Waals surface area (Å²) in [5, 5.41) is 0. The Morgan fingerprint density at radius 3 is 3.00 bits per heavy atom. The van der Waals surface area contributed by atoms with Crippen LogP contribution in [0, 0.1) is 6.92 Å². The normalized spacial score (nSPS) is 23.0. The molecule has 2 rings (SSSR count). The Morgan fingerprint density at radius 1 is 1.31 bits per heavy atom. The molecule has 1 aliphatic heterocycles. The van der Waals surface area contributed by atoms with Crippen molar-refractivity contribution in [2.75, 3.05) is 13.1 Å². The molecule has 1 heterocycles. The summed E-state index contributed by atoms with van der Waals surface area (Å²) in [4.78, 5) is 2.53. The number of likely N-dealkylation sites (tertiary alicyclic amines) is 1. The molecular formula is C14H22N2. The summed E-state index contributed by atoms with van der Waals surface area (Å²) < 4.78 is 0. The van der Waals surface area contributed by atoms with Gasteiger partial charge in [-0.15, -0.1) is 0 Å². The average Bonchev–Trinajstić information content (AvgIpc) is 2.44. The first kappa shape index (κ1) is 11.6. The predicted octanol–water partition coefficient (Wildman–Crippen LogP) is 2.31. The quantitative estimate of drug-likeness (QED) is 0.825. The van der Waals surface area contributed by atoms with Crippen LogP contribution in [0.4, 0.5) is 0 Å². The van der Waals surface area contributed by atoms with E-state index in [4.69, 9.17) is 5.73 Å². The predicted molar refractivity (Wildman–Crippen MR) is 68.3 cm³/mol. The summed E-state index contributed by atoms with van der Waals surface area (Å²) in [5.41, 5.74) is 8.77. The number of nitrogens with two attached hydrogens (primary N) is 1. The monoisotopic (exact) mass is 218 g/mol. The van der Waals surface area contributed by atoms with Crippen molar-refractivity contribution in [1.29, 1.82) is 0 Å². The molecule has 16 heavy (non-hydrogen) atoms. The summed E-state index contributed by atoms with van der Waals surface area (Å²) in [5.74, 6) is 0. The van der Waals surface area contributed by atoms with Crippen LogP contribution < -0.4 is 5.73 Å². The lowest BCUT2D eigenvalue weighted by atomic mass is 10.1. The molecule has 0 aromatic heterocycles. The summed E-state index contributed by atoms with van der Waals surface area (Å²) >= 11 is 0. The second-order valence-electron chi connectivity index (χ2n) is 4.96. The summed E-state index contributed by atoms with van der Waals surface area (Å²) in [6.45, 7) is 5.58. The third kappa shape index (κ3) is 3.32. The van der Waals surface area contributed by atoms with E-state index in [1.807, 2.05) is 0 Å². The number of aryl methyl sites for hydroxylation is 1. The average molecular weight is 218 g/mol. The molecule has 1 fully saturated rings. The van der Waals surface area contributed by atoms with Crippen LogP contribution in [0.15, 0.2) is 24.3 Å². The van der Waals surface area contributed by atoms with Crippen LogP contribution in [0.3, 0.4) is 0 Å². The van der Waals surface area contributed by atoms with Crippen molar-refractivity contribution in [2.45, 2.75) is 38.8 Å². The Morgan fingerprint density at radius 2 is 2.19 bits per heavy atom. The number of benzene rings is 1. The maximum Gasteiger partial charge on any atom is 0.0233 e. The Hall–Kier alpha value is -0.860. The van der Waals surface area contributed by atoms with E-state index in [1.165, 1.54) is 30.5 Å². The van der Waals surface area contributed by atoms with Crippen molar-refractivity contribution in [3.8, 4) is 0 Å². The number of hydrogen-bond acceptors (Lipinski definition) is 2. The summed E-state index contributed by atoms with van der Waals surface area (Å²) in [6, 6.07) is 9.22. The second-order valence-corrected chi connectivity index (χ2v) is 4.96. The molecule has 1 aromatic carbocycles. The zero-order valence-corrected chi connectivity index (χ0v) is 10.2. The molecule has 1 saturated heterocycles. The topological polar surface area (TPSA) is 29.3 Å². The molecular weight excluding hydrogens is 196 g/mol. The first-order chi connectivity index (χ1) is 7.74. The van der Waals surface area contributed by atoms with E-state index in [9.17, 15) is 0 Å². The lowest BCUT2D eigenvalue weighted by Gasteiger charge is -2.20. The molecule has 0 aliphatic carbocycles. The van der Waals surface area contributed by atoms with E-state index in [2.05, 4.69) is 36.1 Å². The van der Waals surface area contributed by atoms with Gasteiger partial charge in [0.05, 0.1) is 0 Å². The first-order valence-electron chi connectivity index (χ1n) is 6.27. The standard InChI is InChI=1S/C14H22N2/c1-12-4-2-5-13(10-12)11-16-8-3-6-14(15)7-9-16/h2,4-5,10,14H,3,6-9,11,15H2,1H3. The van der Waals surface area contributed by atoms with Gasteiger partial charge >= 0.3 is 0 Å². The minimum absolute atomic E-state index is 0.419. The molecule has 2 N–H and O–H groups in total. The highest BCUT2D eigenvalue weighted by molar-refractivity contribution is 5.22. The molecule has 2 nitrogen and oxygen atoms in total. The molecule has 1 aromatic rings. The molecule has 1 unspecified atom stereocenters. The molecule has 88 valence electrons. The highest BCUT2D eigenvalue weighted by atomic mass is 15.1. The van der Waals surface area contributed by atoms with E-state index < -0.39 is 0 Å². The van der Waals surface area contributed by atoms with Gasteiger partial charge in [-0.05, 0) is 44.8 Å². The lowest BCUT2D eigenvalue weighted by Crippen LogP contribution is -2.26. The van der Waals surface area contributed by atoms with E-state index in [-0.39, 0.29) is 0 Å². The van der Waals surface area contributed by atoms with Crippen LogP contribution in [-0.4, -0.2) is 24.0 Å². The van der Waals surface area contributed by atoms with Crippen LogP contribution in [0.5, 0.6) is 0 Å². The highest BCUT2D eigenvalue weighted by Crippen LogP contribution is 2.13. The minimum Gasteiger partial charge on any atom is -0.328 e. The Kier molecular flexibility index (Phi) is 3.97. The Labute approximate surface area is 98.4 Å². The highest BCUT2D eigenvalue weighted by Gasteiger charge is 2.13. The van der Waals surface area contributed by atoms with E-state index in [0.29, 0.717) is 6.04 Å². The summed E-state index contributed by atoms with van der Waals surface area (Å²) in [6.07, 6.45) is 3.57. The van der Waals surface area contributed by atoms with Crippen molar-refractivity contribution in [1.82, 2.24) is 4.90 Å². The van der Waals surface area contributed by atoms with Crippen LogP contribution in [0.1, 0.15) is 30.4 Å². The molecule has 0 radical (unpaired) electrons. The van der Waals surface area contributed by atoms with Crippen molar-refractivity contribution >= 4 is 0 Å². The van der Waals surface area contributed by atoms with Gasteiger partial charge in [0.25, 0.3) is 0 Å². The molecule has 0 amide bonds. The van der Waals surface area contributed by atoms with Crippen LogP contribution in [-0.2, 0) is 6.54 Å². The zero-order chi connectivity index (χ0) is 11.4. The fraction of sp³-hybridized carbons (Fsp3) is 0.571. The number of nitrogens with zero attached hydrogens (tertiary/aromatic N) is 1. The summed E-state index contributed by atoms with van der Waals surface area (Å²) in [7, 11) is 0. The van der Waals surface area contributed by atoms with Gasteiger partial charge in [0.15, 0.2) is 0 Å². The Bertz CT molecular complexity index is 335. The van der Waals surface area contributed by atoms with E-state index in [0.717, 1.165) is 19.5 Å². The van der Waals surface area contributed by atoms with Gasteiger partial charge in [0.1, 0.15) is 0 Å². The van der Waals surface area contributed by atoms with Crippen molar-refractivity contribution in [3.63, 3.8) is 0 Å². The van der Waals surface area contributed by atoms with Gasteiger partial charge in [-0.2, -0.15) is 0 Å². The fourth-order valence-corrected chi connectivity index (χ4v) is 2.41. The van der Waals surface area contributed by atoms with Gasteiger partial charge < -0.3 is 5.73 Å². The SMILES string of the molecule is Cc1cccc(CN2CCCC(N)CC2)c1. The third-order valence-corrected chi connectivity index (χ3v) is 3.35. The van der Waals surface area contributed by atoms with Gasteiger partial charge in [-0.25, -0.2) is 0 Å². The maximum absolute atomic E-state index is 5.99. The zero-order valence-electron chi connectivity index (χ0n) is 10.2. The first-order valence-corrected chi connectivity index (χ1v) is 6.27. The van der Waals surface area contributed by atoms with E-state index >= 15 is 0 Å². The third-order valence-electron chi connectivity index (χ3n) is 3.35. The molecule has 0 bridgehead atoms.